The molecule has 0 saturated heterocycles. The Balaban J connectivity index is 1.81. The minimum Gasteiger partial charge on any atom is -0.486 e. The molecular formula is C19H18N2O3S. The van der Waals surface area contributed by atoms with Gasteiger partial charge in [0.2, 0.25) is 0 Å². The summed E-state index contributed by atoms with van der Waals surface area (Å²) in [5.41, 5.74) is 1.17. The van der Waals surface area contributed by atoms with E-state index in [0.717, 1.165) is 10.6 Å². The number of thioether (sulfide) groups is 1. The number of benzene rings is 2. The van der Waals surface area contributed by atoms with Crippen LogP contribution >= 0.6 is 11.8 Å². The predicted octanol–water partition coefficient (Wildman–Crippen LogP) is 4.10. The van der Waals surface area contributed by atoms with Crippen molar-refractivity contribution in [3.63, 3.8) is 0 Å². The molecule has 0 radical (unpaired) electrons. The molecule has 1 unspecified atom stereocenters. The molecule has 1 aliphatic rings. The summed E-state index contributed by atoms with van der Waals surface area (Å²) in [4.78, 5) is 13.7. The second kappa shape index (κ2) is 7.95. The maximum Gasteiger partial charge on any atom is 0.259 e. The molecule has 1 amide bonds. The van der Waals surface area contributed by atoms with Gasteiger partial charge in [-0.3, -0.25) is 4.79 Å². The van der Waals surface area contributed by atoms with Crippen molar-refractivity contribution in [1.29, 1.82) is 5.26 Å². The Morgan fingerprint density at radius 3 is 2.88 bits per heavy atom. The quantitative estimate of drug-likeness (QED) is 0.818. The molecule has 2 aromatic rings. The SMILES string of the molecule is CC(CC#N)Sc1ccccc1NC(=O)c1cccc2c1OCCO2. The van der Waals surface area contributed by atoms with Crippen LogP contribution in [-0.2, 0) is 0 Å². The monoisotopic (exact) mass is 354 g/mol. The van der Waals surface area contributed by atoms with Crippen molar-refractivity contribution < 1.29 is 14.3 Å². The van der Waals surface area contributed by atoms with Gasteiger partial charge < -0.3 is 14.8 Å². The van der Waals surface area contributed by atoms with E-state index >= 15 is 0 Å². The van der Waals surface area contributed by atoms with Gasteiger partial charge in [-0.05, 0) is 24.3 Å². The molecule has 0 aromatic heterocycles. The lowest BCUT2D eigenvalue weighted by molar-refractivity contribution is 0.101. The molecule has 1 atom stereocenters. The first-order chi connectivity index (χ1) is 12.2. The summed E-state index contributed by atoms with van der Waals surface area (Å²) in [7, 11) is 0. The van der Waals surface area contributed by atoms with Gasteiger partial charge in [0.05, 0.1) is 17.3 Å². The van der Waals surface area contributed by atoms with Gasteiger partial charge in [-0.15, -0.1) is 11.8 Å². The van der Waals surface area contributed by atoms with Crippen LogP contribution in [0, 0.1) is 11.3 Å². The van der Waals surface area contributed by atoms with Gasteiger partial charge >= 0.3 is 0 Å². The first kappa shape index (κ1) is 17.2. The fourth-order valence-electron chi connectivity index (χ4n) is 2.50. The molecule has 2 aromatic carbocycles. The lowest BCUT2D eigenvalue weighted by Crippen LogP contribution is -2.20. The number of ether oxygens (including phenoxy) is 2. The number of para-hydroxylation sites is 2. The van der Waals surface area contributed by atoms with Gasteiger partial charge in [0.15, 0.2) is 11.5 Å². The Morgan fingerprint density at radius 1 is 1.24 bits per heavy atom. The topological polar surface area (TPSA) is 71.4 Å². The molecule has 0 aliphatic carbocycles. The van der Waals surface area contributed by atoms with Crippen LogP contribution < -0.4 is 14.8 Å². The molecule has 128 valence electrons. The van der Waals surface area contributed by atoms with Crippen molar-refractivity contribution in [2.24, 2.45) is 0 Å². The first-order valence-electron chi connectivity index (χ1n) is 8.01. The Morgan fingerprint density at radius 2 is 2.04 bits per heavy atom. The van der Waals surface area contributed by atoms with E-state index in [1.54, 1.807) is 30.0 Å². The van der Waals surface area contributed by atoms with Crippen LogP contribution in [0.25, 0.3) is 0 Å². The van der Waals surface area contributed by atoms with Crippen LogP contribution in [0.2, 0.25) is 0 Å². The lowest BCUT2D eigenvalue weighted by atomic mass is 10.1. The van der Waals surface area contributed by atoms with Gasteiger partial charge in [-0.1, -0.05) is 25.1 Å². The van der Waals surface area contributed by atoms with Crippen LogP contribution in [-0.4, -0.2) is 24.4 Å². The molecule has 0 spiro atoms. The molecule has 1 aliphatic heterocycles. The minimum absolute atomic E-state index is 0.143. The van der Waals surface area contributed by atoms with Gasteiger partial charge in [0.25, 0.3) is 5.91 Å². The second-order valence-electron chi connectivity index (χ2n) is 5.57. The number of rotatable bonds is 5. The number of anilines is 1. The number of carbonyl (C=O) groups is 1. The molecule has 1 heterocycles. The Hall–Kier alpha value is -2.65. The van der Waals surface area contributed by atoms with Crippen LogP contribution in [0.3, 0.4) is 0 Å². The molecule has 0 fully saturated rings. The molecule has 3 rings (SSSR count). The highest BCUT2D eigenvalue weighted by atomic mass is 32.2. The number of hydrogen-bond donors (Lipinski definition) is 1. The average molecular weight is 354 g/mol. The van der Waals surface area contributed by atoms with Crippen LogP contribution in [0.5, 0.6) is 11.5 Å². The zero-order valence-electron chi connectivity index (χ0n) is 13.8. The third kappa shape index (κ3) is 4.06. The standard InChI is InChI=1S/C19H18N2O3S/c1-13(9-10-20)25-17-8-3-2-6-15(17)21-19(22)14-5-4-7-16-18(14)24-12-11-23-16/h2-8,13H,9,11-12H2,1H3,(H,21,22). The number of fused-ring (bicyclic) bond motifs is 1. The van der Waals surface area contributed by atoms with Crippen molar-refractivity contribution in [3.05, 3.63) is 48.0 Å². The maximum atomic E-state index is 12.7. The van der Waals surface area contributed by atoms with Gasteiger partial charge in [-0.2, -0.15) is 5.26 Å². The fourth-order valence-corrected chi connectivity index (χ4v) is 3.50. The summed E-state index contributed by atoms with van der Waals surface area (Å²) in [6.07, 6.45) is 0.449. The van der Waals surface area contributed by atoms with Gasteiger partial charge in [0, 0.05) is 16.6 Å². The van der Waals surface area contributed by atoms with E-state index in [2.05, 4.69) is 11.4 Å². The largest absolute Gasteiger partial charge is 0.486 e. The predicted molar refractivity (Wildman–Crippen MR) is 97.4 cm³/mol. The van der Waals surface area contributed by atoms with E-state index < -0.39 is 0 Å². The average Bonchev–Trinajstić information content (AvgIpc) is 2.63. The minimum atomic E-state index is -0.247. The highest BCUT2D eigenvalue weighted by Gasteiger charge is 2.21. The van der Waals surface area contributed by atoms with E-state index in [9.17, 15) is 4.79 Å². The summed E-state index contributed by atoms with van der Waals surface area (Å²) in [5.74, 6) is 0.821. The first-order valence-corrected chi connectivity index (χ1v) is 8.89. The normalized spacial score (nSPS) is 13.6. The van der Waals surface area contributed by atoms with Crippen LogP contribution in [0.15, 0.2) is 47.4 Å². The smallest absolute Gasteiger partial charge is 0.259 e. The van der Waals surface area contributed by atoms with E-state index in [1.807, 2.05) is 31.2 Å². The molecule has 25 heavy (non-hydrogen) atoms. The summed E-state index contributed by atoms with van der Waals surface area (Å²) < 4.78 is 11.1. The zero-order chi connectivity index (χ0) is 17.6. The Labute approximate surface area is 150 Å². The number of nitrogens with zero attached hydrogens (tertiary/aromatic N) is 1. The summed E-state index contributed by atoms with van der Waals surface area (Å²) in [6, 6.07) is 15.0. The Kier molecular flexibility index (Phi) is 5.46. The molecule has 0 bridgehead atoms. The van der Waals surface area contributed by atoms with Crippen molar-refractivity contribution in [1.82, 2.24) is 0 Å². The van der Waals surface area contributed by atoms with Crippen molar-refractivity contribution in [2.75, 3.05) is 18.5 Å². The molecule has 1 N–H and O–H groups in total. The van der Waals surface area contributed by atoms with E-state index in [-0.39, 0.29) is 11.2 Å². The molecule has 5 nitrogen and oxygen atoms in total. The highest BCUT2D eigenvalue weighted by Crippen LogP contribution is 2.35. The van der Waals surface area contributed by atoms with Crippen molar-refractivity contribution >= 4 is 23.4 Å². The number of nitrogens with one attached hydrogen (secondary N) is 1. The van der Waals surface area contributed by atoms with E-state index in [4.69, 9.17) is 14.7 Å². The number of amides is 1. The second-order valence-corrected chi connectivity index (χ2v) is 7.05. The van der Waals surface area contributed by atoms with Crippen molar-refractivity contribution in [3.8, 4) is 17.6 Å². The molecule has 6 heteroatoms. The van der Waals surface area contributed by atoms with Crippen molar-refractivity contribution in [2.45, 2.75) is 23.5 Å². The van der Waals surface area contributed by atoms with Gasteiger partial charge in [0.1, 0.15) is 13.2 Å². The van der Waals surface area contributed by atoms with Crippen LogP contribution in [0.4, 0.5) is 5.69 Å². The lowest BCUT2D eigenvalue weighted by Gasteiger charge is -2.21. The van der Waals surface area contributed by atoms with Crippen LogP contribution in [0.1, 0.15) is 23.7 Å². The third-order valence-electron chi connectivity index (χ3n) is 3.65. The number of carbonyl (C=O) groups excluding carboxylic acids is 1. The Bertz CT molecular complexity index is 817. The summed E-state index contributed by atoms with van der Waals surface area (Å²) in [6.45, 7) is 2.90. The highest BCUT2D eigenvalue weighted by molar-refractivity contribution is 8.00. The third-order valence-corrected chi connectivity index (χ3v) is 4.83. The summed E-state index contributed by atoms with van der Waals surface area (Å²) in [5, 5.41) is 11.9. The molecular weight excluding hydrogens is 336 g/mol. The number of hydrogen-bond acceptors (Lipinski definition) is 5. The van der Waals surface area contributed by atoms with E-state index in [1.165, 1.54) is 0 Å². The maximum absolute atomic E-state index is 12.7. The zero-order valence-corrected chi connectivity index (χ0v) is 14.6. The number of nitriles is 1. The summed E-state index contributed by atoms with van der Waals surface area (Å²) >= 11 is 1.57. The van der Waals surface area contributed by atoms with E-state index in [0.29, 0.717) is 36.7 Å². The van der Waals surface area contributed by atoms with Gasteiger partial charge in [-0.25, -0.2) is 0 Å². The fraction of sp³-hybridized carbons (Fsp3) is 0.263. The molecule has 0 saturated carbocycles.